The third kappa shape index (κ3) is 5.81. The Kier molecular flexibility index (Phi) is 7.63. The molecule has 0 aliphatic carbocycles. The quantitative estimate of drug-likeness (QED) is 0.399. The highest BCUT2D eigenvalue weighted by Gasteiger charge is 2.30. The number of amides is 1. The van der Waals surface area contributed by atoms with Gasteiger partial charge in [0, 0.05) is 28.2 Å². The van der Waals surface area contributed by atoms with E-state index in [2.05, 4.69) is 10.3 Å². The summed E-state index contributed by atoms with van der Waals surface area (Å²) in [5, 5.41) is 15.7. The first-order valence-electron chi connectivity index (χ1n) is 10.7. The molecule has 2 atom stereocenters. The molecular formula is C25H28ClFN2O2. The fourth-order valence-corrected chi connectivity index (χ4v) is 4.09. The number of pyridine rings is 1. The van der Waals surface area contributed by atoms with Crippen LogP contribution >= 0.6 is 11.6 Å². The van der Waals surface area contributed by atoms with E-state index in [-0.39, 0.29) is 17.6 Å². The van der Waals surface area contributed by atoms with Crippen LogP contribution < -0.4 is 5.32 Å². The number of hydrogen-bond acceptors (Lipinski definition) is 3. The van der Waals surface area contributed by atoms with Crippen molar-refractivity contribution in [3.8, 4) is 0 Å². The highest BCUT2D eigenvalue weighted by molar-refractivity contribution is 6.30. The SMILES string of the molecule is CCC[C@](O)(CCC[C@@H](C)C(=O)Nc1ccc(Cl)cc1)c1ccnc2ccc(F)cc12. The molecule has 0 saturated heterocycles. The van der Waals surface area contributed by atoms with Gasteiger partial charge >= 0.3 is 0 Å². The van der Waals surface area contributed by atoms with Crippen molar-refractivity contribution in [3.63, 3.8) is 0 Å². The van der Waals surface area contributed by atoms with Crippen LogP contribution in [0.5, 0.6) is 0 Å². The van der Waals surface area contributed by atoms with Crippen molar-refractivity contribution in [2.45, 2.75) is 51.6 Å². The summed E-state index contributed by atoms with van der Waals surface area (Å²) >= 11 is 5.88. The monoisotopic (exact) mass is 442 g/mol. The van der Waals surface area contributed by atoms with Crippen LogP contribution in [0.1, 0.15) is 51.5 Å². The second kappa shape index (κ2) is 10.2. The van der Waals surface area contributed by atoms with Gasteiger partial charge in [0.2, 0.25) is 5.91 Å². The summed E-state index contributed by atoms with van der Waals surface area (Å²) < 4.78 is 13.9. The molecule has 0 unspecified atom stereocenters. The molecule has 1 aromatic heterocycles. The van der Waals surface area contributed by atoms with Crippen molar-refractivity contribution in [3.05, 3.63) is 71.1 Å². The molecule has 1 heterocycles. The Hall–Kier alpha value is -2.50. The summed E-state index contributed by atoms with van der Waals surface area (Å²) in [7, 11) is 0. The number of halogens is 2. The lowest BCUT2D eigenvalue weighted by Crippen LogP contribution is -2.27. The lowest BCUT2D eigenvalue weighted by atomic mass is 9.82. The standard InChI is InChI=1S/C25H28ClFN2O2/c1-3-13-25(31,22-12-15-28-23-11-8-19(27)16-21(22)23)14-4-5-17(2)24(30)29-20-9-6-18(26)7-10-20/h6-12,15-17,31H,3-5,13-14H2,1-2H3,(H,29,30)/t17-,25+/m1/s1. The zero-order chi connectivity index (χ0) is 22.4. The highest BCUT2D eigenvalue weighted by Crippen LogP contribution is 2.36. The smallest absolute Gasteiger partial charge is 0.227 e. The minimum atomic E-state index is -1.10. The number of aliphatic hydroxyl groups is 1. The van der Waals surface area contributed by atoms with Crippen LogP contribution in [0.3, 0.4) is 0 Å². The van der Waals surface area contributed by atoms with Gasteiger partial charge in [-0.1, -0.05) is 31.9 Å². The number of nitrogens with one attached hydrogen (secondary N) is 1. The Morgan fingerprint density at radius 3 is 2.65 bits per heavy atom. The van der Waals surface area contributed by atoms with Crippen molar-refractivity contribution in [1.82, 2.24) is 4.98 Å². The molecular weight excluding hydrogens is 415 g/mol. The molecule has 2 N–H and O–H groups in total. The second-order valence-electron chi connectivity index (χ2n) is 8.09. The van der Waals surface area contributed by atoms with Crippen LogP contribution in [0.4, 0.5) is 10.1 Å². The van der Waals surface area contributed by atoms with Crippen LogP contribution in [-0.4, -0.2) is 16.0 Å². The van der Waals surface area contributed by atoms with Gasteiger partial charge in [-0.2, -0.15) is 0 Å². The predicted octanol–water partition coefficient (Wildman–Crippen LogP) is 6.46. The summed E-state index contributed by atoms with van der Waals surface area (Å²) in [6.07, 6.45) is 4.75. The van der Waals surface area contributed by atoms with Gasteiger partial charge in [-0.25, -0.2) is 4.39 Å². The Balaban J connectivity index is 1.68. The van der Waals surface area contributed by atoms with E-state index in [0.717, 1.165) is 6.42 Å². The maximum atomic E-state index is 13.9. The number of fused-ring (bicyclic) bond motifs is 1. The predicted molar refractivity (Wildman–Crippen MR) is 124 cm³/mol. The Morgan fingerprint density at radius 2 is 1.94 bits per heavy atom. The average molecular weight is 443 g/mol. The largest absolute Gasteiger partial charge is 0.385 e. The van der Waals surface area contributed by atoms with Crippen LogP contribution in [0, 0.1) is 11.7 Å². The summed E-state index contributed by atoms with van der Waals surface area (Å²) in [5.41, 5.74) is 0.950. The number of aromatic nitrogens is 1. The number of benzene rings is 2. The van der Waals surface area contributed by atoms with Crippen molar-refractivity contribution >= 4 is 34.1 Å². The fourth-order valence-electron chi connectivity index (χ4n) is 3.96. The Labute approximate surface area is 187 Å². The van der Waals surface area contributed by atoms with Crippen LogP contribution in [0.2, 0.25) is 5.02 Å². The third-order valence-electron chi connectivity index (χ3n) is 5.66. The zero-order valence-corrected chi connectivity index (χ0v) is 18.6. The molecule has 0 bridgehead atoms. The van der Waals surface area contributed by atoms with E-state index in [1.54, 1.807) is 42.6 Å². The first kappa shape index (κ1) is 23.2. The van der Waals surface area contributed by atoms with E-state index < -0.39 is 5.60 Å². The molecule has 4 nitrogen and oxygen atoms in total. The van der Waals surface area contributed by atoms with E-state index in [1.165, 1.54) is 12.1 Å². The average Bonchev–Trinajstić information content (AvgIpc) is 2.75. The number of hydrogen-bond donors (Lipinski definition) is 2. The number of rotatable bonds is 9. The van der Waals surface area contributed by atoms with Gasteiger partial charge in [-0.05, 0) is 79.8 Å². The summed E-state index contributed by atoms with van der Waals surface area (Å²) in [6, 6.07) is 13.2. The maximum absolute atomic E-state index is 13.9. The first-order chi connectivity index (χ1) is 14.8. The van der Waals surface area contributed by atoms with E-state index in [0.29, 0.717) is 52.9 Å². The van der Waals surface area contributed by atoms with E-state index in [9.17, 15) is 14.3 Å². The van der Waals surface area contributed by atoms with Gasteiger partial charge in [-0.15, -0.1) is 0 Å². The number of carbonyl (C=O) groups is 1. The van der Waals surface area contributed by atoms with Crippen LogP contribution in [0.15, 0.2) is 54.7 Å². The van der Waals surface area contributed by atoms with Crippen molar-refractivity contribution in [2.75, 3.05) is 5.32 Å². The first-order valence-corrected chi connectivity index (χ1v) is 11.0. The van der Waals surface area contributed by atoms with Gasteiger partial charge in [0.25, 0.3) is 0 Å². The highest BCUT2D eigenvalue weighted by atomic mass is 35.5. The lowest BCUT2D eigenvalue weighted by molar-refractivity contribution is -0.119. The van der Waals surface area contributed by atoms with Gasteiger partial charge in [-0.3, -0.25) is 9.78 Å². The molecule has 2 aromatic carbocycles. The van der Waals surface area contributed by atoms with Crippen molar-refractivity contribution < 1.29 is 14.3 Å². The molecule has 0 fully saturated rings. The van der Waals surface area contributed by atoms with Crippen LogP contribution in [0.25, 0.3) is 10.9 Å². The van der Waals surface area contributed by atoms with Gasteiger partial charge in [0.05, 0.1) is 11.1 Å². The zero-order valence-electron chi connectivity index (χ0n) is 17.9. The van der Waals surface area contributed by atoms with E-state index in [1.807, 2.05) is 13.8 Å². The van der Waals surface area contributed by atoms with Gasteiger partial charge in [0.15, 0.2) is 0 Å². The fraction of sp³-hybridized carbons (Fsp3) is 0.360. The molecule has 6 heteroatoms. The molecule has 164 valence electrons. The van der Waals surface area contributed by atoms with Crippen LogP contribution in [-0.2, 0) is 10.4 Å². The molecule has 0 saturated carbocycles. The number of nitrogens with zero attached hydrogens (tertiary/aromatic N) is 1. The molecule has 3 aromatic rings. The number of carbonyl (C=O) groups excluding carboxylic acids is 1. The Bertz CT molecular complexity index is 1040. The van der Waals surface area contributed by atoms with Crippen molar-refractivity contribution in [2.24, 2.45) is 5.92 Å². The topological polar surface area (TPSA) is 62.2 Å². The second-order valence-corrected chi connectivity index (χ2v) is 8.53. The normalized spacial score (nSPS) is 14.2. The molecule has 31 heavy (non-hydrogen) atoms. The molecule has 0 aliphatic heterocycles. The summed E-state index contributed by atoms with van der Waals surface area (Å²) in [6.45, 7) is 3.89. The Morgan fingerprint density at radius 1 is 1.19 bits per heavy atom. The third-order valence-corrected chi connectivity index (χ3v) is 5.91. The molecule has 0 spiro atoms. The molecule has 0 radical (unpaired) electrons. The molecule has 1 amide bonds. The van der Waals surface area contributed by atoms with E-state index in [4.69, 9.17) is 11.6 Å². The van der Waals surface area contributed by atoms with E-state index >= 15 is 0 Å². The maximum Gasteiger partial charge on any atom is 0.227 e. The minimum absolute atomic E-state index is 0.0715. The van der Waals surface area contributed by atoms with Gasteiger partial charge < -0.3 is 10.4 Å². The minimum Gasteiger partial charge on any atom is -0.385 e. The lowest BCUT2D eigenvalue weighted by Gasteiger charge is -2.30. The van der Waals surface area contributed by atoms with Crippen molar-refractivity contribution in [1.29, 1.82) is 0 Å². The number of anilines is 1. The summed E-state index contributed by atoms with van der Waals surface area (Å²) in [4.78, 5) is 16.8. The molecule has 3 rings (SSSR count). The molecule has 0 aliphatic rings. The summed E-state index contributed by atoms with van der Waals surface area (Å²) in [5.74, 6) is -0.640. The van der Waals surface area contributed by atoms with Gasteiger partial charge in [0.1, 0.15) is 5.82 Å².